The van der Waals surface area contributed by atoms with Crippen LogP contribution in [0.4, 0.5) is 4.39 Å². The van der Waals surface area contributed by atoms with Gasteiger partial charge in [0.25, 0.3) is 0 Å². The molecule has 0 fully saturated rings. The molecule has 104 valence electrons. The molecular formula is C15H12ClFO3. The molecule has 0 aromatic heterocycles. The molecule has 20 heavy (non-hydrogen) atoms. The van der Waals surface area contributed by atoms with Crippen LogP contribution < -0.4 is 9.47 Å². The molecule has 2 aromatic carbocycles. The summed E-state index contributed by atoms with van der Waals surface area (Å²) in [5, 5.41) is 0.0618. The van der Waals surface area contributed by atoms with Crippen LogP contribution in [0.25, 0.3) is 0 Å². The molecule has 0 spiro atoms. The van der Waals surface area contributed by atoms with Crippen molar-refractivity contribution in [1.29, 1.82) is 0 Å². The minimum Gasteiger partial charge on any atom is -0.497 e. The van der Waals surface area contributed by atoms with E-state index < -0.39 is 5.82 Å². The maximum absolute atomic E-state index is 13.3. The Morgan fingerprint density at radius 2 is 2.05 bits per heavy atom. The van der Waals surface area contributed by atoms with Gasteiger partial charge in [-0.15, -0.1) is 0 Å². The number of carbonyl (C=O) groups excluding carboxylic acids is 1. The fourth-order valence-corrected chi connectivity index (χ4v) is 1.79. The number of rotatable bonds is 5. The first-order valence-corrected chi connectivity index (χ1v) is 6.22. The summed E-state index contributed by atoms with van der Waals surface area (Å²) in [6.07, 6.45) is 0.681. The zero-order valence-electron chi connectivity index (χ0n) is 10.7. The molecule has 0 heterocycles. The lowest BCUT2D eigenvalue weighted by molar-refractivity contribution is 0.111. The summed E-state index contributed by atoms with van der Waals surface area (Å²) in [5.74, 6) is 0.478. The third kappa shape index (κ3) is 3.27. The van der Waals surface area contributed by atoms with E-state index in [2.05, 4.69) is 0 Å². The summed E-state index contributed by atoms with van der Waals surface area (Å²) in [6, 6.07) is 9.32. The van der Waals surface area contributed by atoms with E-state index in [4.69, 9.17) is 21.1 Å². The Kier molecular flexibility index (Phi) is 4.58. The fraction of sp³-hybridized carbons (Fsp3) is 0.133. The van der Waals surface area contributed by atoms with Gasteiger partial charge in [0.1, 0.15) is 23.9 Å². The van der Waals surface area contributed by atoms with Gasteiger partial charge in [0.05, 0.1) is 17.7 Å². The van der Waals surface area contributed by atoms with Crippen molar-refractivity contribution in [2.45, 2.75) is 6.61 Å². The lowest BCUT2D eigenvalue weighted by Gasteiger charge is -2.10. The van der Waals surface area contributed by atoms with Crippen molar-refractivity contribution in [3.63, 3.8) is 0 Å². The van der Waals surface area contributed by atoms with Crippen molar-refractivity contribution in [2.24, 2.45) is 0 Å². The van der Waals surface area contributed by atoms with Gasteiger partial charge in [0, 0.05) is 0 Å². The Bertz CT molecular complexity index is 629. The van der Waals surface area contributed by atoms with E-state index in [-0.39, 0.29) is 11.6 Å². The van der Waals surface area contributed by atoms with Gasteiger partial charge in [-0.25, -0.2) is 4.39 Å². The number of hydrogen-bond acceptors (Lipinski definition) is 3. The molecule has 3 nitrogen and oxygen atoms in total. The molecule has 0 aliphatic carbocycles. The molecule has 2 rings (SSSR count). The SMILES string of the molecule is COc1ccc(OCc2ccc(Cl)c(F)c2)c(C=O)c1. The first-order chi connectivity index (χ1) is 9.63. The van der Waals surface area contributed by atoms with Crippen LogP contribution in [0, 0.1) is 5.82 Å². The van der Waals surface area contributed by atoms with Gasteiger partial charge in [-0.1, -0.05) is 17.7 Å². The molecule has 0 aliphatic rings. The predicted molar refractivity (Wildman–Crippen MR) is 74.1 cm³/mol. The average molecular weight is 295 g/mol. The van der Waals surface area contributed by atoms with Crippen LogP contribution in [0.2, 0.25) is 5.02 Å². The zero-order valence-corrected chi connectivity index (χ0v) is 11.5. The van der Waals surface area contributed by atoms with Crippen LogP contribution in [0.5, 0.6) is 11.5 Å². The van der Waals surface area contributed by atoms with Gasteiger partial charge in [-0.2, -0.15) is 0 Å². The second-order valence-electron chi connectivity index (χ2n) is 4.06. The highest BCUT2D eigenvalue weighted by atomic mass is 35.5. The number of benzene rings is 2. The van der Waals surface area contributed by atoms with Crippen LogP contribution in [0.1, 0.15) is 15.9 Å². The number of methoxy groups -OCH3 is 1. The van der Waals surface area contributed by atoms with Crippen LogP contribution in [-0.2, 0) is 6.61 Å². The molecule has 0 radical (unpaired) electrons. The van der Waals surface area contributed by atoms with E-state index in [1.54, 1.807) is 24.3 Å². The van der Waals surface area contributed by atoms with E-state index >= 15 is 0 Å². The van der Waals surface area contributed by atoms with Gasteiger partial charge in [0.15, 0.2) is 6.29 Å². The highest BCUT2D eigenvalue weighted by molar-refractivity contribution is 6.30. The maximum Gasteiger partial charge on any atom is 0.153 e. The maximum atomic E-state index is 13.3. The molecule has 0 bridgehead atoms. The number of hydrogen-bond donors (Lipinski definition) is 0. The number of halogens is 2. The predicted octanol–water partition coefficient (Wildman–Crippen LogP) is 3.88. The molecule has 0 saturated carbocycles. The van der Waals surface area contributed by atoms with Gasteiger partial charge in [-0.05, 0) is 35.9 Å². The largest absolute Gasteiger partial charge is 0.497 e. The summed E-state index contributed by atoms with van der Waals surface area (Å²) >= 11 is 5.60. The Morgan fingerprint density at radius 1 is 1.25 bits per heavy atom. The highest BCUT2D eigenvalue weighted by Gasteiger charge is 2.06. The number of carbonyl (C=O) groups is 1. The molecule has 5 heteroatoms. The summed E-state index contributed by atoms with van der Waals surface area (Å²) in [6.45, 7) is 0.140. The van der Waals surface area contributed by atoms with Gasteiger partial charge < -0.3 is 9.47 Å². The smallest absolute Gasteiger partial charge is 0.153 e. The van der Waals surface area contributed by atoms with E-state index in [0.717, 1.165) is 0 Å². The van der Waals surface area contributed by atoms with E-state index in [0.29, 0.717) is 28.9 Å². The second kappa shape index (κ2) is 6.39. The minimum absolute atomic E-state index is 0.0618. The first-order valence-electron chi connectivity index (χ1n) is 5.84. The fourth-order valence-electron chi connectivity index (χ4n) is 1.67. The molecule has 0 saturated heterocycles. The van der Waals surface area contributed by atoms with Crippen molar-refractivity contribution >= 4 is 17.9 Å². The summed E-state index contributed by atoms with van der Waals surface area (Å²) in [4.78, 5) is 11.0. The van der Waals surface area contributed by atoms with Crippen LogP contribution >= 0.6 is 11.6 Å². The molecule has 0 amide bonds. The average Bonchev–Trinajstić information content (AvgIpc) is 2.48. The molecule has 2 aromatic rings. The van der Waals surface area contributed by atoms with Crippen LogP contribution in [-0.4, -0.2) is 13.4 Å². The third-order valence-electron chi connectivity index (χ3n) is 2.72. The van der Waals surface area contributed by atoms with Crippen molar-refractivity contribution in [3.8, 4) is 11.5 Å². The zero-order chi connectivity index (χ0) is 14.5. The van der Waals surface area contributed by atoms with Crippen molar-refractivity contribution < 1.29 is 18.7 Å². The Labute approximate surface area is 120 Å². The van der Waals surface area contributed by atoms with Crippen molar-refractivity contribution in [3.05, 3.63) is 58.4 Å². The van der Waals surface area contributed by atoms with E-state index in [1.165, 1.54) is 19.2 Å². The molecule has 0 N–H and O–H groups in total. The quantitative estimate of drug-likeness (QED) is 0.785. The molecule has 0 aliphatic heterocycles. The first kappa shape index (κ1) is 14.3. The molecular weight excluding hydrogens is 283 g/mol. The summed E-state index contributed by atoms with van der Waals surface area (Å²) < 4.78 is 23.8. The Hall–Kier alpha value is -2.07. The van der Waals surface area contributed by atoms with Crippen molar-refractivity contribution in [2.75, 3.05) is 7.11 Å². The standard InChI is InChI=1S/C15H12ClFO3/c1-19-12-3-5-15(11(7-12)8-18)20-9-10-2-4-13(16)14(17)6-10/h2-8H,9H2,1H3. The summed E-state index contributed by atoms with van der Waals surface area (Å²) in [5.41, 5.74) is 0.998. The lowest BCUT2D eigenvalue weighted by atomic mass is 10.2. The van der Waals surface area contributed by atoms with Gasteiger partial charge in [0.2, 0.25) is 0 Å². The topological polar surface area (TPSA) is 35.5 Å². The van der Waals surface area contributed by atoms with Crippen molar-refractivity contribution in [1.82, 2.24) is 0 Å². The minimum atomic E-state index is -0.502. The Morgan fingerprint density at radius 3 is 2.70 bits per heavy atom. The van der Waals surface area contributed by atoms with E-state index in [1.807, 2.05) is 0 Å². The molecule has 0 atom stereocenters. The van der Waals surface area contributed by atoms with Crippen LogP contribution in [0.15, 0.2) is 36.4 Å². The number of aldehydes is 1. The molecule has 0 unspecified atom stereocenters. The number of ether oxygens (including phenoxy) is 2. The van der Waals surface area contributed by atoms with E-state index in [9.17, 15) is 9.18 Å². The third-order valence-corrected chi connectivity index (χ3v) is 3.03. The lowest BCUT2D eigenvalue weighted by Crippen LogP contribution is -1.99. The second-order valence-corrected chi connectivity index (χ2v) is 4.47. The highest BCUT2D eigenvalue weighted by Crippen LogP contribution is 2.24. The normalized spacial score (nSPS) is 10.2. The van der Waals surface area contributed by atoms with Gasteiger partial charge >= 0.3 is 0 Å². The van der Waals surface area contributed by atoms with Gasteiger partial charge in [-0.3, -0.25) is 4.79 Å². The summed E-state index contributed by atoms with van der Waals surface area (Å²) in [7, 11) is 1.51. The van der Waals surface area contributed by atoms with Crippen LogP contribution in [0.3, 0.4) is 0 Å². The monoisotopic (exact) mass is 294 g/mol. The Balaban J connectivity index is 2.14.